The lowest BCUT2D eigenvalue weighted by Crippen LogP contribution is -2.38. The molecule has 0 aliphatic rings. The lowest BCUT2D eigenvalue weighted by molar-refractivity contribution is -0.133. The van der Waals surface area contributed by atoms with Gasteiger partial charge in [0.25, 0.3) is 5.91 Å². The van der Waals surface area contributed by atoms with Gasteiger partial charge in [-0.05, 0) is 44.9 Å². The minimum atomic E-state index is -0.975. The molecular weight excluding hydrogens is 310 g/mol. The van der Waals surface area contributed by atoms with Crippen molar-refractivity contribution >= 4 is 17.6 Å². The van der Waals surface area contributed by atoms with E-state index in [1.165, 1.54) is 7.11 Å². The number of amides is 1. The van der Waals surface area contributed by atoms with Crippen LogP contribution in [0.25, 0.3) is 0 Å². The molecule has 1 N–H and O–H groups in total. The number of nitrogens with one attached hydrogen (secondary N) is 1. The van der Waals surface area contributed by atoms with E-state index in [1.54, 1.807) is 39.0 Å². The number of methoxy groups -OCH3 is 1. The van der Waals surface area contributed by atoms with Gasteiger partial charge in [0.05, 0.1) is 13.2 Å². The first kappa shape index (κ1) is 20.0. The van der Waals surface area contributed by atoms with Crippen LogP contribution in [-0.4, -0.2) is 37.8 Å². The molecule has 0 radical (unpaired) electrons. The van der Waals surface area contributed by atoms with Crippen molar-refractivity contribution in [3.8, 4) is 5.75 Å². The maximum Gasteiger partial charge on any atom is 0.341 e. The second-order valence-corrected chi connectivity index (χ2v) is 6.30. The largest absolute Gasteiger partial charge is 0.492 e. The Morgan fingerprint density at radius 1 is 1.25 bits per heavy atom. The van der Waals surface area contributed by atoms with Gasteiger partial charge < -0.3 is 19.5 Å². The molecule has 6 nitrogen and oxygen atoms in total. The number of carbonyl (C=O) groups excluding carboxylic acids is 2. The van der Waals surface area contributed by atoms with E-state index in [0.717, 1.165) is 0 Å². The lowest BCUT2D eigenvalue weighted by atomic mass is 10.1. The average Bonchev–Trinajstić information content (AvgIpc) is 2.53. The van der Waals surface area contributed by atoms with Crippen molar-refractivity contribution in [3.63, 3.8) is 0 Å². The molecule has 1 rings (SSSR count). The van der Waals surface area contributed by atoms with Gasteiger partial charge in [0.2, 0.25) is 0 Å². The van der Waals surface area contributed by atoms with E-state index in [4.69, 9.17) is 14.2 Å². The monoisotopic (exact) mass is 337 g/mol. The van der Waals surface area contributed by atoms with Gasteiger partial charge in [-0.25, -0.2) is 4.79 Å². The fraction of sp³-hybridized carbons (Fsp3) is 0.556. The summed E-state index contributed by atoms with van der Waals surface area (Å²) in [6, 6.07) is 4.89. The van der Waals surface area contributed by atoms with Crippen molar-refractivity contribution in [3.05, 3.63) is 23.8 Å². The summed E-state index contributed by atoms with van der Waals surface area (Å²) in [5.41, 5.74) is -0.215. The minimum Gasteiger partial charge on any atom is -0.492 e. The standard InChI is InChI=1S/C18H27NO5/c1-7-23-16(20)14-10-13(19-17(21)18(4,5)22-6)8-9-15(14)24-11-12(2)3/h8-10,12H,7,11H2,1-6H3,(H,19,21). The van der Waals surface area contributed by atoms with Crippen molar-refractivity contribution in [1.82, 2.24) is 0 Å². The van der Waals surface area contributed by atoms with Crippen molar-refractivity contribution in [2.75, 3.05) is 25.6 Å². The smallest absolute Gasteiger partial charge is 0.341 e. The Morgan fingerprint density at radius 3 is 2.46 bits per heavy atom. The molecule has 0 saturated heterocycles. The molecule has 0 atom stereocenters. The van der Waals surface area contributed by atoms with Crippen LogP contribution in [-0.2, 0) is 14.3 Å². The van der Waals surface area contributed by atoms with Gasteiger partial charge >= 0.3 is 5.97 Å². The summed E-state index contributed by atoms with van der Waals surface area (Å²) in [4.78, 5) is 24.4. The third kappa shape index (κ3) is 5.53. The van der Waals surface area contributed by atoms with Gasteiger partial charge in [0.15, 0.2) is 0 Å². The van der Waals surface area contributed by atoms with Gasteiger partial charge in [0, 0.05) is 12.8 Å². The van der Waals surface area contributed by atoms with E-state index in [9.17, 15) is 9.59 Å². The summed E-state index contributed by atoms with van der Waals surface area (Å²) >= 11 is 0. The first-order chi connectivity index (χ1) is 11.2. The maximum absolute atomic E-state index is 12.2. The van der Waals surface area contributed by atoms with Crippen LogP contribution in [0.2, 0.25) is 0 Å². The first-order valence-corrected chi connectivity index (χ1v) is 8.01. The number of carbonyl (C=O) groups is 2. The third-order valence-corrected chi connectivity index (χ3v) is 3.36. The Hall–Kier alpha value is -2.08. The molecule has 0 heterocycles. The van der Waals surface area contributed by atoms with Crippen molar-refractivity contribution in [2.45, 2.75) is 40.2 Å². The van der Waals surface area contributed by atoms with Crippen molar-refractivity contribution < 1.29 is 23.8 Å². The van der Waals surface area contributed by atoms with Crippen LogP contribution in [0, 0.1) is 5.92 Å². The van der Waals surface area contributed by atoms with E-state index in [0.29, 0.717) is 24.0 Å². The second kappa shape index (κ2) is 8.68. The van der Waals surface area contributed by atoms with Crippen LogP contribution < -0.4 is 10.1 Å². The Balaban J connectivity index is 3.06. The Kier molecular flexibility index (Phi) is 7.22. The molecule has 0 fully saturated rings. The molecule has 0 aliphatic heterocycles. The highest BCUT2D eigenvalue weighted by atomic mass is 16.5. The van der Waals surface area contributed by atoms with E-state index in [-0.39, 0.29) is 18.1 Å². The molecular formula is C18H27NO5. The van der Waals surface area contributed by atoms with E-state index in [1.807, 2.05) is 13.8 Å². The fourth-order valence-electron chi connectivity index (χ4n) is 1.73. The number of anilines is 1. The zero-order valence-electron chi connectivity index (χ0n) is 15.3. The predicted molar refractivity (Wildman–Crippen MR) is 92.4 cm³/mol. The number of hydrogen-bond acceptors (Lipinski definition) is 5. The van der Waals surface area contributed by atoms with Gasteiger partial charge in [-0.2, -0.15) is 0 Å². The van der Waals surface area contributed by atoms with Gasteiger partial charge in [-0.3, -0.25) is 4.79 Å². The SMILES string of the molecule is CCOC(=O)c1cc(NC(=O)C(C)(C)OC)ccc1OCC(C)C. The topological polar surface area (TPSA) is 73.9 Å². The Bertz CT molecular complexity index is 581. The molecule has 0 aromatic heterocycles. The number of esters is 1. The van der Waals surface area contributed by atoms with Gasteiger partial charge in [-0.1, -0.05) is 13.8 Å². The molecule has 0 bridgehead atoms. The normalized spacial score (nSPS) is 11.3. The summed E-state index contributed by atoms with van der Waals surface area (Å²) in [6.45, 7) is 9.84. The van der Waals surface area contributed by atoms with Gasteiger partial charge in [0.1, 0.15) is 16.9 Å². The summed E-state index contributed by atoms with van der Waals surface area (Å²) in [7, 11) is 1.46. The summed E-state index contributed by atoms with van der Waals surface area (Å²) in [6.07, 6.45) is 0. The van der Waals surface area contributed by atoms with E-state index < -0.39 is 11.6 Å². The lowest BCUT2D eigenvalue weighted by Gasteiger charge is -2.22. The number of ether oxygens (including phenoxy) is 3. The van der Waals surface area contributed by atoms with E-state index in [2.05, 4.69) is 5.32 Å². The third-order valence-electron chi connectivity index (χ3n) is 3.36. The number of hydrogen-bond donors (Lipinski definition) is 1. The minimum absolute atomic E-state index is 0.260. The highest BCUT2D eigenvalue weighted by Crippen LogP contribution is 2.25. The molecule has 6 heteroatoms. The zero-order chi connectivity index (χ0) is 18.3. The van der Waals surface area contributed by atoms with Gasteiger partial charge in [-0.15, -0.1) is 0 Å². The number of benzene rings is 1. The molecule has 0 aliphatic carbocycles. The van der Waals surface area contributed by atoms with Crippen LogP contribution >= 0.6 is 0 Å². The molecule has 1 amide bonds. The zero-order valence-corrected chi connectivity index (χ0v) is 15.3. The molecule has 1 aromatic carbocycles. The molecule has 134 valence electrons. The molecule has 0 saturated carbocycles. The molecule has 1 aromatic rings. The average molecular weight is 337 g/mol. The highest BCUT2D eigenvalue weighted by Gasteiger charge is 2.27. The van der Waals surface area contributed by atoms with Crippen LogP contribution in [0.3, 0.4) is 0 Å². The molecule has 0 unspecified atom stereocenters. The van der Waals surface area contributed by atoms with Crippen molar-refractivity contribution in [2.24, 2.45) is 5.92 Å². The maximum atomic E-state index is 12.2. The van der Waals surface area contributed by atoms with Crippen molar-refractivity contribution in [1.29, 1.82) is 0 Å². The van der Waals surface area contributed by atoms with Crippen LogP contribution in [0.4, 0.5) is 5.69 Å². The molecule has 0 spiro atoms. The quantitative estimate of drug-likeness (QED) is 0.737. The second-order valence-electron chi connectivity index (χ2n) is 6.30. The summed E-state index contributed by atoms with van der Waals surface area (Å²) in [5, 5.41) is 2.74. The van der Waals surface area contributed by atoms with Crippen LogP contribution in [0.5, 0.6) is 5.75 Å². The highest BCUT2D eigenvalue weighted by molar-refractivity contribution is 5.99. The fourth-order valence-corrected chi connectivity index (χ4v) is 1.73. The van der Waals surface area contributed by atoms with Crippen LogP contribution in [0.1, 0.15) is 45.0 Å². The predicted octanol–water partition coefficient (Wildman–Crippen LogP) is 3.26. The number of rotatable bonds is 8. The summed E-state index contributed by atoms with van der Waals surface area (Å²) in [5.74, 6) is -0.0397. The Morgan fingerprint density at radius 2 is 1.92 bits per heavy atom. The first-order valence-electron chi connectivity index (χ1n) is 8.01. The molecule has 24 heavy (non-hydrogen) atoms. The summed E-state index contributed by atoms with van der Waals surface area (Å²) < 4.78 is 15.9. The van der Waals surface area contributed by atoms with E-state index >= 15 is 0 Å². The Labute approximate surface area is 143 Å². The van der Waals surface area contributed by atoms with Crippen LogP contribution in [0.15, 0.2) is 18.2 Å².